The van der Waals surface area contributed by atoms with Crippen LogP contribution in [-0.2, 0) is 0 Å². The van der Waals surface area contributed by atoms with E-state index in [1.54, 1.807) is 10.6 Å². The Hall–Kier alpha value is -6.01. The lowest BCUT2D eigenvalue weighted by atomic mass is 9.93. The third-order valence-corrected chi connectivity index (χ3v) is 8.46. The van der Waals surface area contributed by atoms with Crippen molar-refractivity contribution in [1.82, 2.24) is 18.6 Å². The van der Waals surface area contributed by atoms with Crippen molar-refractivity contribution in [3.8, 4) is 28.1 Å². The van der Waals surface area contributed by atoms with E-state index >= 15 is 0 Å². The van der Waals surface area contributed by atoms with Gasteiger partial charge in [0.1, 0.15) is 5.82 Å². The molecular formula is C37H22N4O2. The Balaban J connectivity index is 1.36. The van der Waals surface area contributed by atoms with Gasteiger partial charge < -0.3 is 0 Å². The molecule has 0 N–H and O–H groups in total. The van der Waals surface area contributed by atoms with Crippen molar-refractivity contribution in [3.05, 3.63) is 154 Å². The van der Waals surface area contributed by atoms with Crippen LogP contribution in [0.2, 0.25) is 0 Å². The lowest BCUT2D eigenvalue weighted by Gasteiger charge is -2.12. The summed E-state index contributed by atoms with van der Waals surface area (Å²) in [6.45, 7) is 0. The van der Waals surface area contributed by atoms with Gasteiger partial charge in [-0.05, 0) is 47.0 Å². The monoisotopic (exact) mass is 554 g/mol. The molecule has 4 heterocycles. The molecule has 9 rings (SSSR count). The predicted octanol–water partition coefficient (Wildman–Crippen LogP) is 7.33. The maximum absolute atomic E-state index is 13.9. The smallest absolute Gasteiger partial charge is 0.294 e. The number of nitrogens with zero attached hydrogens (tertiary/aromatic N) is 4. The van der Waals surface area contributed by atoms with Gasteiger partial charge in [0.25, 0.3) is 5.56 Å². The van der Waals surface area contributed by atoms with Crippen LogP contribution < -0.4 is 11.1 Å². The Morgan fingerprint density at radius 3 is 1.79 bits per heavy atom. The molecule has 0 radical (unpaired) electrons. The van der Waals surface area contributed by atoms with Crippen LogP contribution in [0.4, 0.5) is 0 Å². The molecule has 6 nitrogen and oxygen atoms in total. The van der Waals surface area contributed by atoms with Crippen LogP contribution in [0.3, 0.4) is 0 Å². The van der Waals surface area contributed by atoms with Gasteiger partial charge >= 0.3 is 5.56 Å². The van der Waals surface area contributed by atoms with Crippen LogP contribution in [0.15, 0.2) is 143 Å². The largest absolute Gasteiger partial charge is 0.301 e. The average molecular weight is 555 g/mol. The molecule has 0 aliphatic carbocycles. The van der Waals surface area contributed by atoms with E-state index in [2.05, 4.69) is 53.1 Å². The van der Waals surface area contributed by atoms with E-state index in [0.29, 0.717) is 22.2 Å². The van der Waals surface area contributed by atoms with Crippen molar-refractivity contribution < 1.29 is 0 Å². The summed E-state index contributed by atoms with van der Waals surface area (Å²) < 4.78 is 5.05. The molecule has 5 aromatic carbocycles. The third kappa shape index (κ3) is 3.20. The fraction of sp³-hybridized carbons (Fsp3) is 0. The minimum absolute atomic E-state index is 0.254. The highest BCUT2D eigenvalue weighted by molar-refractivity contribution is 6.09. The molecule has 0 unspecified atom stereocenters. The summed E-state index contributed by atoms with van der Waals surface area (Å²) in [5.41, 5.74) is 6.74. The van der Waals surface area contributed by atoms with E-state index in [4.69, 9.17) is 4.98 Å². The van der Waals surface area contributed by atoms with Gasteiger partial charge in [0.05, 0.1) is 27.5 Å². The quantitative estimate of drug-likeness (QED) is 0.230. The van der Waals surface area contributed by atoms with E-state index in [9.17, 15) is 9.59 Å². The second kappa shape index (κ2) is 8.74. The molecule has 0 bridgehead atoms. The van der Waals surface area contributed by atoms with Crippen LogP contribution in [-0.4, -0.2) is 18.6 Å². The van der Waals surface area contributed by atoms with Gasteiger partial charge in [-0.15, -0.1) is 0 Å². The van der Waals surface area contributed by atoms with Crippen LogP contribution in [0, 0.1) is 0 Å². The number of fused-ring (bicyclic) bond motifs is 8. The van der Waals surface area contributed by atoms with Gasteiger partial charge in [-0.3, -0.25) is 14.2 Å². The summed E-state index contributed by atoms with van der Waals surface area (Å²) in [6.07, 6.45) is 0. The minimum Gasteiger partial charge on any atom is -0.294 e. The lowest BCUT2D eigenvalue weighted by Crippen LogP contribution is -2.21. The summed E-state index contributed by atoms with van der Waals surface area (Å²) in [5.74, 6) is 0.627. The Kier molecular flexibility index (Phi) is 4.81. The third-order valence-electron chi connectivity index (χ3n) is 8.46. The first-order valence-electron chi connectivity index (χ1n) is 14.2. The molecule has 202 valence electrons. The van der Waals surface area contributed by atoms with Gasteiger partial charge in [-0.25, -0.2) is 9.50 Å². The van der Waals surface area contributed by atoms with Crippen LogP contribution in [0.5, 0.6) is 0 Å². The van der Waals surface area contributed by atoms with Gasteiger partial charge in [0, 0.05) is 16.3 Å². The Morgan fingerprint density at radius 1 is 0.442 bits per heavy atom. The highest BCUT2D eigenvalue weighted by Gasteiger charge is 2.23. The second-order valence-corrected chi connectivity index (χ2v) is 10.8. The first-order valence-corrected chi connectivity index (χ1v) is 14.2. The van der Waals surface area contributed by atoms with Gasteiger partial charge in [-0.1, -0.05) is 103 Å². The average Bonchev–Trinajstić information content (AvgIpc) is 3.67. The number of para-hydroxylation sites is 3. The molecule has 0 spiro atoms. The summed E-state index contributed by atoms with van der Waals surface area (Å²) in [5, 5.41) is 2.72. The van der Waals surface area contributed by atoms with Crippen molar-refractivity contribution in [3.63, 3.8) is 0 Å². The topological polar surface area (TPSA) is 60.8 Å². The molecular weight excluding hydrogens is 532 g/mol. The first kappa shape index (κ1) is 23.7. The van der Waals surface area contributed by atoms with E-state index in [0.717, 1.165) is 44.1 Å². The highest BCUT2D eigenvalue weighted by atomic mass is 16.2. The van der Waals surface area contributed by atoms with E-state index in [-0.39, 0.29) is 11.1 Å². The fourth-order valence-electron chi connectivity index (χ4n) is 6.63. The molecule has 4 aromatic heterocycles. The number of hydrogen-bond donors (Lipinski definition) is 0. The number of hydrogen-bond acceptors (Lipinski definition) is 3. The summed E-state index contributed by atoms with van der Waals surface area (Å²) in [4.78, 5) is 32.6. The zero-order chi connectivity index (χ0) is 28.7. The Labute approximate surface area is 244 Å². The highest BCUT2D eigenvalue weighted by Crippen LogP contribution is 2.36. The van der Waals surface area contributed by atoms with Crippen molar-refractivity contribution >= 4 is 43.7 Å². The molecule has 9 aromatic rings. The maximum atomic E-state index is 13.9. The van der Waals surface area contributed by atoms with E-state index in [1.807, 2.05) is 78.9 Å². The summed E-state index contributed by atoms with van der Waals surface area (Å²) >= 11 is 0. The van der Waals surface area contributed by atoms with Gasteiger partial charge in [-0.2, -0.15) is 4.52 Å². The number of benzene rings is 5. The standard InChI is InChI=1S/C37H22N4O2/c42-36-29-18-10-17-28(25-14-5-4-13-24(25)23-11-2-1-3-12-23)35(29)40-32-21-22-33(38-34(32)37(43)41(36)40)39-30-19-8-6-15-26(30)27-16-7-9-20-31(27)39/h1-22H. The van der Waals surface area contributed by atoms with Crippen LogP contribution in [0.25, 0.3) is 71.8 Å². The molecule has 43 heavy (non-hydrogen) atoms. The van der Waals surface area contributed by atoms with Gasteiger partial charge in [0.2, 0.25) is 0 Å². The van der Waals surface area contributed by atoms with Crippen molar-refractivity contribution in [2.45, 2.75) is 0 Å². The van der Waals surface area contributed by atoms with Crippen molar-refractivity contribution in [2.24, 2.45) is 0 Å². The Morgan fingerprint density at radius 2 is 1.05 bits per heavy atom. The molecule has 6 heteroatoms. The second-order valence-electron chi connectivity index (χ2n) is 10.8. The van der Waals surface area contributed by atoms with Crippen molar-refractivity contribution in [1.29, 1.82) is 0 Å². The molecule has 0 aliphatic heterocycles. The van der Waals surface area contributed by atoms with E-state index in [1.165, 1.54) is 4.52 Å². The molecule has 0 saturated carbocycles. The first-order chi connectivity index (χ1) is 21.2. The molecule has 0 amide bonds. The zero-order valence-corrected chi connectivity index (χ0v) is 22.8. The number of pyridine rings is 1. The van der Waals surface area contributed by atoms with E-state index < -0.39 is 5.56 Å². The zero-order valence-electron chi connectivity index (χ0n) is 22.8. The fourth-order valence-corrected chi connectivity index (χ4v) is 6.63. The SMILES string of the molecule is O=c1c2cccc(-c3ccccc3-c3ccccc3)c2n2c3ccc(-n4c5ccccc5c5ccccc54)nc3c(=O)n12. The normalized spacial score (nSPS) is 11.9. The number of rotatable bonds is 3. The molecule has 0 saturated heterocycles. The molecule has 0 atom stereocenters. The van der Waals surface area contributed by atoms with Crippen molar-refractivity contribution in [2.75, 3.05) is 0 Å². The summed E-state index contributed by atoms with van der Waals surface area (Å²) in [6, 6.07) is 44.2. The van der Waals surface area contributed by atoms with Crippen LogP contribution >= 0.6 is 0 Å². The molecule has 0 aliphatic rings. The summed E-state index contributed by atoms with van der Waals surface area (Å²) in [7, 11) is 0. The van der Waals surface area contributed by atoms with Crippen LogP contribution in [0.1, 0.15) is 0 Å². The minimum atomic E-state index is -0.430. The maximum Gasteiger partial charge on any atom is 0.301 e. The molecule has 0 fully saturated rings. The predicted molar refractivity (Wildman–Crippen MR) is 173 cm³/mol. The number of aromatic nitrogens is 4. The lowest BCUT2D eigenvalue weighted by molar-refractivity contribution is 0.841. The Bertz CT molecular complexity index is 2610. The van der Waals surface area contributed by atoms with Gasteiger partial charge in [0.15, 0.2) is 5.52 Å².